The molecule has 0 bridgehead atoms. The number of hydrogen-bond donors (Lipinski definition) is 2. The van der Waals surface area contributed by atoms with Crippen LogP contribution in [0.5, 0.6) is 0 Å². The van der Waals surface area contributed by atoms with Gasteiger partial charge in [0.05, 0.1) is 4.90 Å². The smallest absolute Gasteiger partial charge is 0.303 e. The van der Waals surface area contributed by atoms with Crippen LogP contribution in [0.25, 0.3) is 0 Å². The topological polar surface area (TPSA) is 104 Å². The quantitative estimate of drug-likeness (QED) is 0.734. The van der Waals surface area contributed by atoms with Gasteiger partial charge in [0.25, 0.3) is 0 Å². The molecule has 2 rings (SSSR count). The van der Waals surface area contributed by atoms with Crippen LogP contribution in [0.4, 0.5) is 0 Å². The molecule has 1 aliphatic heterocycles. The fraction of sp³-hybridized carbons (Fsp3) is 0.579. The van der Waals surface area contributed by atoms with E-state index in [2.05, 4.69) is 4.72 Å². The first-order valence-corrected chi connectivity index (χ1v) is 10.7. The van der Waals surface area contributed by atoms with Crippen molar-refractivity contribution in [3.8, 4) is 0 Å². The first-order valence-electron chi connectivity index (χ1n) is 9.17. The lowest BCUT2D eigenvalue weighted by Gasteiger charge is -2.31. The highest BCUT2D eigenvalue weighted by atomic mass is 32.2. The molecule has 8 heteroatoms. The fourth-order valence-electron chi connectivity index (χ4n) is 3.75. The summed E-state index contributed by atoms with van der Waals surface area (Å²) >= 11 is 0. The standard InChI is InChI=1S/C19H28N2O5S/c1-13-10-14(2)19(15(3)11-13)27(25,26)20-7-4-17(22)21-8-5-16(6-9-21)12-18(23)24/h10-11,16,20H,4-9,12H2,1-3H3,(H,23,24). The van der Waals surface area contributed by atoms with E-state index in [9.17, 15) is 18.0 Å². The molecule has 1 fully saturated rings. The van der Waals surface area contributed by atoms with Crippen molar-refractivity contribution in [2.75, 3.05) is 19.6 Å². The van der Waals surface area contributed by atoms with Gasteiger partial charge in [0.1, 0.15) is 0 Å². The Labute approximate surface area is 160 Å². The van der Waals surface area contributed by atoms with E-state index in [4.69, 9.17) is 5.11 Å². The van der Waals surface area contributed by atoms with Crippen LogP contribution in [-0.4, -0.2) is 49.9 Å². The van der Waals surface area contributed by atoms with Gasteiger partial charge in [-0.3, -0.25) is 9.59 Å². The lowest BCUT2D eigenvalue weighted by molar-refractivity contribution is -0.138. The molecule has 1 saturated heterocycles. The van der Waals surface area contributed by atoms with Crippen LogP contribution in [0.1, 0.15) is 42.4 Å². The van der Waals surface area contributed by atoms with Crippen LogP contribution in [0.2, 0.25) is 0 Å². The van der Waals surface area contributed by atoms with E-state index >= 15 is 0 Å². The van der Waals surface area contributed by atoms with Crippen LogP contribution in [0.3, 0.4) is 0 Å². The highest BCUT2D eigenvalue weighted by Gasteiger charge is 2.25. The Kier molecular flexibility index (Phi) is 7.00. The van der Waals surface area contributed by atoms with E-state index in [0.717, 1.165) is 5.56 Å². The first kappa shape index (κ1) is 21.4. The van der Waals surface area contributed by atoms with Gasteiger partial charge in [0.15, 0.2) is 0 Å². The molecule has 1 aromatic carbocycles. The molecular weight excluding hydrogens is 368 g/mol. The normalized spacial score (nSPS) is 15.7. The number of benzene rings is 1. The molecule has 7 nitrogen and oxygen atoms in total. The number of amides is 1. The third-order valence-electron chi connectivity index (χ3n) is 4.93. The number of aryl methyl sites for hydroxylation is 3. The van der Waals surface area contributed by atoms with Crippen LogP contribution in [0, 0.1) is 26.7 Å². The minimum absolute atomic E-state index is 0.0446. The number of hydrogen-bond acceptors (Lipinski definition) is 4. The molecule has 2 N–H and O–H groups in total. The monoisotopic (exact) mass is 396 g/mol. The number of carboxylic acids is 1. The van der Waals surface area contributed by atoms with Crippen molar-refractivity contribution in [1.82, 2.24) is 9.62 Å². The van der Waals surface area contributed by atoms with Gasteiger partial charge < -0.3 is 10.0 Å². The molecule has 0 aliphatic carbocycles. The SMILES string of the molecule is Cc1cc(C)c(S(=O)(=O)NCCC(=O)N2CCC(CC(=O)O)CC2)c(C)c1. The predicted octanol–water partition coefficient (Wildman–Crippen LogP) is 1.99. The number of aliphatic carboxylic acids is 1. The Morgan fingerprint density at radius 2 is 1.70 bits per heavy atom. The molecule has 0 radical (unpaired) electrons. The second kappa shape index (κ2) is 8.84. The molecule has 0 unspecified atom stereocenters. The molecule has 0 atom stereocenters. The summed E-state index contributed by atoms with van der Waals surface area (Å²) in [6.45, 7) is 6.55. The molecule has 150 valence electrons. The zero-order chi connectivity index (χ0) is 20.2. The molecule has 0 spiro atoms. The molecular formula is C19H28N2O5S. The molecule has 1 heterocycles. The summed E-state index contributed by atoms with van der Waals surface area (Å²) in [5.41, 5.74) is 2.38. The van der Waals surface area contributed by atoms with Gasteiger partial charge in [-0.2, -0.15) is 0 Å². The van der Waals surface area contributed by atoms with Gasteiger partial charge in [0.2, 0.25) is 15.9 Å². The molecule has 1 aliphatic rings. The van der Waals surface area contributed by atoms with Crippen molar-refractivity contribution in [1.29, 1.82) is 0 Å². The number of nitrogens with zero attached hydrogens (tertiary/aromatic N) is 1. The van der Waals surface area contributed by atoms with Crippen molar-refractivity contribution < 1.29 is 23.1 Å². The number of sulfonamides is 1. The van der Waals surface area contributed by atoms with E-state index in [-0.39, 0.29) is 36.1 Å². The highest BCUT2D eigenvalue weighted by Crippen LogP contribution is 2.22. The lowest BCUT2D eigenvalue weighted by atomic mass is 9.93. The van der Waals surface area contributed by atoms with Crippen LogP contribution in [-0.2, 0) is 19.6 Å². The van der Waals surface area contributed by atoms with Crippen molar-refractivity contribution in [2.45, 2.75) is 51.3 Å². The van der Waals surface area contributed by atoms with E-state index in [1.807, 2.05) is 19.1 Å². The van der Waals surface area contributed by atoms with Gasteiger partial charge in [-0.25, -0.2) is 13.1 Å². The Bertz CT molecular complexity index is 788. The Hall–Kier alpha value is -1.93. The van der Waals surface area contributed by atoms with E-state index in [0.29, 0.717) is 37.1 Å². The lowest BCUT2D eigenvalue weighted by Crippen LogP contribution is -2.40. The summed E-state index contributed by atoms with van der Waals surface area (Å²) in [4.78, 5) is 25.0. The van der Waals surface area contributed by atoms with Crippen LogP contribution in [0.15, 0.2) is 17.0 Å². The summed E-state index contributed by atoms with van der Waals surface area (Å²) in [5.74, 6) is -0.808. The maximum atomic E-state index is 12.6. The van der Waals surface area contributed by atoms with Gasteiger partial charge in [-0.05, 0) is 50.7 Å². The number of rotatable bonds is 7. The number of carboxylic acid groups (broad SMARTS) is 1. The van der Waals surface area contributed by atoms with Crippen molar-refractivity contribution >= 4 is 21.9 Å². The predicted molar refractivity (Wildman–Crippen MR) is 102 cm³/mol. The van der Waals surface area contributed by atoms with Crippen molar-refractivity contribution in [3.63, 3.8) is 0 Å². The largest absolute Gasteiger partial charge is 0.481 e. The molecule has 27 heavy (non-hydrogen) atoms. The second-order valence-corrected chi connectivity index (χ2v) is 9.00. The third-order valence-corrected chi connectivity index (χ3v) is 6.70. The summed E-state index contributed by atoms with van der Waals surface area (Å²) in [5, 5.41) is 8.84. The Balaban J connectivity index is 1.87. The zero-order valence-electron chi connectivity index (χ0n) is 16.1. The number of nitrogens with one attached hydrogen (secondary N) is 1. The zero-order valence-corrected chi connectivity index (χ0v) is 16.9. The van der Waals surface area contributed by atoms with Crippen LogP contribution < -0.4 is 4.72 Å². The molecule has 1 amide bonds. The number of carbonyl (C=O) groups is 2. The second-order valence-electron chi connectivity index (χ2n) is 7.30. The summed E-state index contributed by atoms with van der Waals surface area (Å²) in [7, 11) is -3.67. The van der Waals surface area contributed by atoms with Gasteiger partial charge in [0, 0.05) is 32.5 Å². The molecule has 0 aromatic heterocycles. The maximum absolute atomic E-state index is 12.6. The third kappa shape index (κ3) is 5.77. The maximum Gasteiger partial charge on any atom is 0.303 e. The van der Waals surface area contributed by atoms with Gasteiger partial charge in [-0.15, -0.1) is 0 Å². The molecule has 0 saturated carbocycles. The summed E-state index contributed by atoms with van der Waals surface area (Å²) < 4.78 is 27.7. The van der Waals surface area contributed by atoms with Gasteiger partial charge in [-0.1, -0.05) is 17.7 Å². The summed E-state index contributed by atoms with van der Waals surface area (Å²) in [6, 6.07) is 3.65. The Morgan fingerprint density at radius 1 is 1.15 bits per heavy atom. The van der Waals surface area contributed by atoms with Crippen LogP contribution >= 0.6 is 0 Å². The molecule has 1 aromatic rings. The van der Waals surface area contributed by atoms with E-state index in [1.54, 1.807) is 18.7 Å². The number of likely N-dealkylation sites (tertiary alicyclic amines) is 1. The van der Waals surface area contributed by atoms with E-state index in [1.165, 1.54) is 0 Å². The summed E-state index contributed by atoms with van der Waals surface area (Å²) in [6.07, 6.45) is 1.57. The minimum atomic E-state index is -3.67. The number of piperidine rings is 1. The number of carbonyl (C=O) groups excluding carboxylic acids is 1. The fourth-order valence-corrected chi connectivity index (χ4v) is 5.23. The highest BCUT2D eigenvalue weighted by molar-refractivity contribution is 7.89. The Morgan fingerprint density at radius 3 is 2.22 bits per heavy atom. The van der Waals surface area contributed by atoms with Crippen molar-refractivity contribution in [2.24, 2.45) is 5.92 Å². The first-order chi connectivity index (χ1) is 12.6. The van der Waals surface area contributed by atoms with E-state index < -0.39 is 16.0 Å². The van der Waals surface area contributed by atoms with Gasteiger partial charge >= 0.3 is 5.97 Å². The minimum Gasteiger partial charge on any atom is -0.481 e. The van der Waals surface area contributed by atoms with Crippen molar-refractivity contribution in [3.05, 3.63) is 28.8 Å². The average Bonchev–Trinajstić information content (AvgIpc) is 2.53. The average molecular weight is 397 g/mol.